The van der Waals surface area contributed by atoms with Gasteiger partial charge in [0.25, 0.3) is 5.91 Å². The van der Waals surface area contributed by atoms with Gasteiger partial charge in [-0.1, -0.05) is 0 Å². The third-order valence-corrected chi connectivity index (χ3v) is 4.45. The van der Waals surface area contributed by atoms with E-state index in [4.69, 9.17) is 4.74 Å². The van der Waals surface area contributed by atoms with Gasteiger partial charge in [-0.05, 0) is 24.3 Å². The number of hydrogen-bond donors (Lipinski definition) is 1. The quantitative estimate of drug-likeness (QED) is 0.933. The van der Waals surface area contributed by atoms with Crippen molar-refractivity contribution in [3.63, 3.8) is 0 Å². The maximum absolute atomic E-state index is 12.5. The van der Waals surface area contributed by atoms with Gasteiger partial charge in [-0.15, -0.1) is 0 Å². The highest BCUT2D eigenvalue weighted by Gasteiger charge is 2.38. The predicted molar refractivity (Wildman–Crippen MR) is 85.2 cm³/mol. The van der Waals surface area contributed by atoms with Gasteiger partial charge in [-0.3, -0.25) is 4.79 Å². The molecule has 1 aliphatic heterocycles. The maximum Gasteiger partial charge on any atom is 0.253 e. The molecule has 2 heterocycles. The Morgan fingerprint density at radius 3 is 2.43 bits per heavy atom. The number of aryl methyl sites for hydroxylation is 1. The topological polar surface area (TPSA) is 67.6 Å². The van der Waals surface area contributed by atoms with Crippen LogP contribution in [0.3, 0.4) is 0 Å². The molecule has 0 aliphatic carbocycles. The first-order valence-electron chi connectivity index (χ1n) is 7.67. The molecule has 0 unspecified atom stereocenters. The summed E-state index contributed by atoms with van der Waals surface area (Å²) >= 11 is 0. The number of methoxy groups -OCH3 is 1. The molecule has 0 radical (unpaired) electrons. The Labute approximate surface area is 135 Å². The third kappa shape index (κ3) is 2.94. The summed E-state index contributed by atoms with van der Waals surface area (Å²) in [7, 11) is 3.47. The Bertz CT molecular complexity index is 685. The minimum absolute atomic E-state index is 0.0189. The van der Waals surface area contributed by atoms with Crippen LogP contribution in [0.1, 0.15) is 29.0 Å². The molecule has 2 aromatic rings. The van der Waals surface area contributed by atoms with Crippen molar-refractivity contribution in [3.8, 4) is 5.75 Å². The highest BCUT2D eigenvalue weighted by Crippen LogP contribution is 2.32. The molecule has 1 aromatic heterocycles. The van der Waals surface area contributed by atoms with Crippen LogP contribution in [0.15, 0.2) is 36.7 Å². The molecule has 122 valence electrons. The summed E-state index contributed by atoms with van der Waals surface area (Å²) in [6.45, 7) is 1.02. The zero-order valence-corrected chi connectivity index (χ0v) is 13.4. The first kappa shape index (κ1) is 15.6. The van der Waals surface area contributed by atoms with Crippen molar-refractivity contribution in [2.45, 2.75) is 18.4 Å². The van der Waals surface area contributed by atoms with Gasteiger partial charge in [0.15, 0.2) is 0 Å². The lowest BCUT2D eigenvalue weighted by molar-refractivity contribution is -0.0297. The summed E-state index contributed by atoms with van der Waals surface area (Å²) in [4.78, 5) is 18.6. The van der Waals surface area contributed by atoms with E-state index in [9.17, 15) is 9.90 Å². The van der Waals surface area contributed by atoms with E-state index in [-0.39, 0.29) is 5.91 Å². The fraction of sp³-hybridized carbons (Fsp3) is 0.412. The van der Waals surface area contributed by atoms with Gasteiger partial charge < -0.3 is 19.3 Å². The number of aliphatic hydroxyl groups is 1. The molecule has 0 saturated carbocycles. The molecule has 0 bridgehead atoms. The molecule has 1 fully saturated rings. The first-order chi connectivity index (χ1) is 11.0. The molecule has 1 amide bonds. The van der Waals surface area contributed by atoms with Crippen LogP contribution in [0.5, 0.6) is 5.75 Å². The lowest BCUT2D eigenvalue weighted by Crippen LogP contribution is -2.46. The molecule has 23 heavy (non-hydrogen) atoms. The van der Waals surface area contributed by atoms with Gasteiger partial charge in [-0.25, -0.2) is 4.98 Å². The Morgan fingerprint density at radius 2 is 1.91 bits per heavy atom. The number of amides is 1. The summed E-state index contributed by atoms with van der Waals surface area (Å²) in [6, 6.07) is 7.09. The second-order valence-corrected chi connectivity index (χ2v) is 5.91. The molecule has 6 heteroatoms. The van der Waals surface area contributed by atoms with Gasteiger partial charge in [0.1, 0.15) is 17.2 Å². The molecule has 1 saturated heterocycles. The van der Waals surface area contributed by atoms with E-state index >= 15 is 0 Å². The van der Waals surface area contributed by atoms with Crippen molar-refractivity contribution in [1.82, 2.24) is 14.5 Å². The SMILES string of the molecule is COc1ccc(C(=O)N2CCC(O)(c3nccn3C)CC2)cc1. The molecule has 3 rings (SSSR count). The number of carbonyl (C=O) groups is 1. The summed E-state index contributed by atoms with van der Waals surface area (Å²) in [6.07, 6.45) is 4.48. The van der Waals surface area contributed by atoms with E-state index in [0.29, 0.717) is 37.3 Å². The van der Waals surface area contributed by atoms with Crippen LogP contribution >= 0.6 is 0 Å². The van der Waals surface area contributed by atoms with Gasteiger partial charge in [0.2, 0.25) is 0 Å². The number of nitrogens with zero attached hydrogens (tertiary/aromatic N) is 3. The maximum atomic E-state index is 12.5. The first-order valence-corrected chi connectivity index (χ1v) is 7.67. The van der Waals surface area contributed by atoms with Crippen LogP contribution in [0, 0.1) is 0 Å². The Morgan fingerprint density at radius 1 is 1.26 bits per heavy atom. The number of likely N-dealkylation sites (tertiary alicyclic amines) is 1. The number of piperidine rings is 1. The molecule has 0 atom stereocenters. The van der Waals surface area contributed by atoms with Crippen LogP contribution < -0.4 is 4.74 Å². The summed E-state index contributed by atoms with van der Waals surface area (Å²) in [5.41, 5.74) is -0.331. The fourth-order valence-electron chi connectivity index (χ4n) is 3.03. The van der Waals surface area contributed by atoms with Crippen LogP contribution in [-0.2, 0) is 12.6 Å². The zero-order chi connectivity index (χ0) is 16.4. The average molecular weight is 315 g/mol. The number of rotatable bonds is 3. The largest absolute Gasteiger partial charge is 0.497 e. The molecule has 1 aliphatic rings. The average Bonchev–Trinajstić information content (AvgIpc) is 3.02. The standard InChI is InChI=1S/C17H21N3O3/c1-19-12-9-18-16(19)17(22)7-10-20(11-8-17)15(21)13-3-5-14(23-2)6-4-13/h3-6,9,12,22H,7-8,10-11H2,1-2H3. The van der Waals surface area contributed by atoms with Crippen LogP contribution in [0.25, 0.3) is 0 Å². The Hall–Kier alpha value is -2.34. The van der Waals surface area contributed by atoms with Crippen LogP contribution in [-0.4, -0.2) is 45.7 Å². The fourth-order valence-corrected chi connectivity index (χ4v) is 3.03. The van der Waals surface area contributed by atoms with Crippen molar-refractivity contribution in [1.29, 1.82) is 0 Å². The molecular formula is C17H21N3O3. The Balaban J connectivity index is 1.68. The van der Waals surface area contributed by atoms with Crippen molar-refractivity contribution < 1.29 is 14.6 Å². The van der Waals surface area contributed by atoms with Crippen molar-refractivity contribution in [2.75, 3.05) is 20.2 Å². The predicted octanol–water partition coefficient (Wildman–Crippen LogP) is 1.55. The number of benzene rings is 1. The minimum atomic E-state index is -0.963. The van der Waals surface area contributed by atoms with Crippen molar-refractivity contribution in [3.05, 3.63) is 48.0 Å². The summed E-state index contributed by atoms with van der Waals surface area (Å²) in [5, 5.41) is 10.8. The molecule has 1 N–H and O–H groups in total. The van der Waals surface area contributed by atoms with E-state index in [2.05, 4.69) is 4.98 Å². The normalized spacial score (nSPS) is 17.1. The number of imidazole rings is 1. The Kier molecular flexibility index (Phi) is 4.09. The van der Waals surface area contributed by atoms with E-state index in [1.54, 1.807) is 42.5 Å². The zero-order valence-electron chi connectivity index (χ0n) is 13.4. The second kappa shape index (κ2) is 6.04. The van der Waals surface area contributed by atoms with Crippen LogP contribution in [0.4, 0.5) is 0 Å². The third-order valence-electron chi connectivity index (χ3n) is 4.45. The van der Waals surface area contributed by atoms with Gasteiger partial charge in [0.05, 0.1) is 7.11 Å². The van der Waals surface area contributed by atoms with Gasteiger partial charge in [0, 0.05) is 50.9 Å². The van der Waals surface area contributed by atoms with Crippen molar-refractivity contribution >= 4 is 5.91 Å². The van der Waals surface area contributed by atoms with E-state index in [0.717, 1.165) is 5.75 Å². The molecular weight excluding hydrogens is 294 g/mol. The lowest BCUT2D eigenvalue weighted by Gasteiger charge is -2.37. The smallest absolute Gasteiger partial charge is 0.253 e. The highest BCUT2D eigenvalue weighted by atomic mass is 16.5. The number of hydrogen-bond acceptors (Lipinski definition) is 4. The van der Waals surface area contributed by atoms with E-state index in [1.807, 2.05) is 17.8 Å². The van der Waals surface area contributed by atoms with Gasteiger partial charge in [-0.2, -0.15) is 0 Å². The highest BCUT2D eigenvalue weighted by molar-refractivity contribution is 5.94. The van der Waals surface area contributed by atoms with Crippen LogP contribution in [0.2, 0.25) is 0 Å². The summed E-state index contributed by atoms with van der Waals surface area (Å²) in [5.74, 6) is 1.37. The minimum Gasteiger partial charge on any atom is -0.497 e. The number of carbonyl (C=O) groups excluding carboxylic acids is 1. The van der Waals surface area contributed by atoms with Crippen molar-refractivity contribution in [2.24, 2.45) is 7.05 Å². The molecule has 1 aromatic carbocycles. The van der Waals surface area contributed by atoms with E-state index < -0.39 is 5.60 Å². The molecule has 0 spiro atoms. The van der Waals surface area contributed by atoms with E-state index in [1.165, 1.54) is 0 Å². The second-order valence-electron chi connectivity index (χ2n) is 5.91. The molecule has 6 nitrogen and oxygen atoms in total. The summed E-state index contributed by atoms with van der Waals surface area (Å²) < 4.78 is 6.94. The number of aromatic nitrogens is 2. The van der Waals surface area contributed by atoms with Gasteiger partial charge >= 0.3 is 0 Å². The number of ether oxygens (including phenoxy) is 1. The lowest BCUT2D eigenvalue weighted by atomic mass is 9.90. The monoisotopic (exact) mass is 315 g/mol.